The number of piperazine rings is 1. The molecule has 8 heteroatoms. The van der Waals surface area contributed by atoms with E-state index in [0.29, 0.717) is 18.8 Å². The van der Waals surface area contributed by atoms with Crippen molar-refractivity contribution in [1.29, 1.82) is 0 Å². The molecule has 0 radical (unpaired) electrons. The number of hydrogen-bond acceptors (Lipinski definition) is 6. The fourth-order valence-corrected chi connectivity index (χ4v) is 6.00. The predicted molar refractivity (Wildman–Crippen MR) is 148 cm³/mol. The van der Waals surface area contributed by atoms with Crippen LogP contribution in [0.15, 0.2) is 54.6 Å². The summed E-state index contributed by atoms with van der Waals surface area (Å²) in [6.45, 7) is 14.3. The van der Waals surface area contributed by atoms with Gasteiger partial charge >= 0.3 is 6.09 Å². The molecule has 2 fully saturated rings. The van der Waals surface area contributed by atoms with Crippen molar-refractivity contribution in [2.24, 2.45) is 0 Å². The Morgan fingerprint density at radius 1 is 0.946 bits per heavy atom. The maximum absolute atomic E-state index is 12.7. The third-order valence-corrected chi connectivity index (χ3v) is 9.27. The third kappa shape index (κ3) is 6.49. The lowest BCUT2D eigenvalue weighted by molar-refractivity contribution is -0.0483. The smallest absolute Gasteiger partial charge is 0.415 e. The summed E-state index contributed by atoms with van der Waals surface area (Å²) in [6.07, 6.45) is 1.53. The summed E-state index contributed by atoms with van der Waals surface area (Å²) in [5, 5.41) is 0. The highest BCUT2D eigenvalue weighted by Crippen LogP contribution is 2.40. The molecule has 2 aromatic rings. The van der Waals surface area contributed by atoms with Gasteiger partial charge in [-0.25, -0.2) is 4.79 Å². The Morgan fingerprint density at radius 2 is 1.54 bits per heavy atom. The molecule has 4 rings (SSSR count). The summed E-state index contributed by atoms with van der Waals surface area (Å²) in [4.78, 5) is 17.0. The van der Waals surface area contributed by atoms with Gasteiger partial charge in [0.2, 0.25) is 0 Å². The van der Waals surface area contributed by atoms with E-state index in [9.17, 15) is 9.35 Å². The van der Waals surface area contributed by atoms with E-state index in [4.69, 9.17) is 9.47 Å². The van der Waals surface area contributed by atoms with Crippen LogP contribution in [0.25, 0.3) is 0 Å². The normalized spacial score (nSPS) is 19.9. The van der Waals surface area contributed by atoms with Crippen LogP contribution in [0.5, 0.6) is 5.75 Å². The molecule has 0 spiro atoms. The maximum Gasteiger partial charge on any atom is 0.415 e. The summed E-state index contributed by atoms with van der Waals surface area (Å²) < 4.78 is 27.0. The summed E-state index contributed by atoms with van der Waals surface area (Å²) in [5.41, 5.74) is 1.82. The van der Waals surface area contributed by atoms with Crippen molar-refractivity contribution in [3.8, 4) is 5.75 Å². The molecule has 2 saturated heterocycles. The first-order chi connectivity index (χ1) is 17.5. The average molecular weight is 528 g/mol. The molecular weight excluding hydrogens is 486 g/mol. The second-order valence-electron chi connectivity index (χ2n) is 11.5. The molecular formula is C29H41N3O4S. The minimum Gasteiger partial charge on any atom is -0.598 e. The average Bonchev–Trinajstić information content (AvgIpc) is 2.89. The minimum atomic E-state index is -1.17. The van der Waals surface area contributed by atoms with E-state index in [2.05, 4.69) is 47.7 Å². The predicted octanol–water partition coefficient (Wildman–Crippen LogP) is 4.80. The zero-order chi connectivity index (χ0) is 26.7. The van der Waals surface area contributed by atoms with Crippen LogP contribution in [0.2, 0.25) is 0 Å². The van der Waals surface area contributed by atoms with Crippen molar-refractivity contribution in [3.63, 3.8) is 0 Å². The second kappa shape index (κ2) is 11.3. The van der Waals surface area contributed by atoms with Gasteiger partial charge in [0, 0.05) is 50.8 Å². The molecule has 1 atom stereocenters. The van der Waals surface area contributed by atoms with Crippen LogP contribution in [0.1, 0.15) is 58.6 Å². The van der Waals surface area contributed by atoms with Gasteiger partial charge < -0.3 is 18.9 Å². The van der Waals surface area contributed by atoms with Gasteiger partial charge in [-0.05, 0) is 70.7 Å². The van der Waals surface area contributed by atoms with Gasteiger partial charge in [-0.1, -0.05) is 42.5 Å². The number of nitrogens with one attached hydrogen (secondary N) is 1. The number of rotatable bonds is 6. The van der Waals surface area contributed by atoms with Crippen molar-refractivity contribution >= 4 is 17.5 Å². The Hall–Kier alpha value is -2.10. The Balaban J connectivity index is 1.46. The number of carbonyl (C=O) groups excluding carboxylic acids is 1. The van der Waals surface area contributed by atoms with Gasteiger partial charge in [0.1, 0.15) is 10.5 Å². The van der Waals surface area contributed by atoms with Gasteiger partial charge in [0.15, 0.2) is 0 Å². The van der Waals surface area contributed by atoms with Crippen molar-refractivity contribution < 1.29 is 18.8 Å². The quantitative estimate of drug-likeness (QED) is 0.544. The number of amides is 1. The number of nitrogens with zero attached hydrogens (tertiary/aromatic N) is 2. The fourth-order valence-electron chi connectivity index (χ4n) is 5.11. The molecule has 2 aromatic carbocycles. The molecule has 37 heavy (non-hydrogen) atoms. The van der Waals surface area contributed by atoms with E-state index in [-0.39, 0.29) is 16.4 Å². The van der Waals surface area contributed by atoms with Gasteiger partial charge in [-0.2, -0.15) is 0 Å². The van der Waals surface area contributed by atoms with Crippen molar-refractivity contribution in [3.05, 3.63) is 65.7 Å². The second-order valence-corrected chi connectivity index (χ2v) is 13.5. The van der Waals surface area contributed by atoms with E-state index < -0.39 is 16.9 Å². The monoisotopic (exact) mass is 527 g/mol. The summed E-state index contributed by atoms with van der Waals surface area (Å²) >= 11 is -1.17. The molecule has 1 amide bonds. The molecule has 0 saturated carbocycles. The highest BCUT2D eigenvalue weighted by atomic mass is 32.2. The zero-order valence-electron chi connectivity index (χ0n) is 22.8. The van der Waals surface area contributed by atoms with E-state index in [0.717, 1.165) is 44.7 Å². The molecule has 0 aromatic heterocycles. The number of ether oxygens (including phenoxy) is 2. The third-order valence-electron chi connectivity index (χ3n) is 7.46. The summed E-state index contributed by atoms with van der Waals surface area (Å²) in [6, 6.07) is 18.0. The Morgan fingerprint density at radius 3 is 2.11 bits per heavy atom. The molecule has 0 aliphatic carbocycles. The van der Waals surface area contributed by atoms with Gasteiger partial charge in [0.05, 0.1) is 11.1 Å². The topological polar surface area (TPSA) is 77.1 Å². The van der Waals surface area contributed by atoms with Crippen molar-refractivity contribution in [1.82, 2.24) is 14.5 Å². The number of carbonyl (C=O) groups is 1. The van der Waals surface area contributed by atoms with Crippen LogP contribution < -0.4 is 9.46 Å². The summed E-state index contributed by atoms with van der Waals surface area (Å²) in [5.74, 6) is 0.569. The summed E-state index contributed by atoms with van der Waals surface area (Å²) in [7, 11) is 0. The van der Waals surface area contributed by atoms with Crippen LogP contribution in [0.3, 0.4) is 0 Å². The Labute approximate surface area is 224 Å². The number of hydrogen-bond donors (Lipinski definition) is 1. The highest BCUT2D eigenvalue weighted by Gasteiger charge is 2.42. The Kier molecular flexibility index (Phi) is 8.55. The minimum absolute atomic E-state index is 0.127. The molecule has 0 bridgehead atoms. The van der Waals surface area contributed by atoms with Crippen LogP contribution in [-0.4, -0.2) is 64.6 Å². The largest absolute Gasteiger partial charge is 0.598 e. The van der Waals surface area contributed by atoms with Crippen LogP contribution >= 0.6 is 0 Å². The van der Waals surface area contributed by atoms with Crippen molar-refractivity contribution in [2.45, 2.75) is 63.3 Å². The lowest BCUT2D eigenvalue weighted by Gasteiger charge is -2.50. The fraction of sp³-hybridized carbons (Fsp3) is 0.552. The molecule has 2 aliphatic rings. The lowest BCUT2D eigenvalue weighted by Crippen LogP contribution is -2.58. The molecule has 2 heterocycles. The highest BCUT2D eigenvalue weighted by molar-refractivity contribution is 7.90. The number of benzene rings is 2. The Bertz CT molecular complexity index is 1030. The maximum atomic E-state index is 12.7. The molecule has 2 aliphatic heterocycles. The van der Waals surface area contributed by atoms with Crippen LogP contribution in [-0.2, 0) is 27.2 Å². The SMILES string of the molecule is CC(C)(N[S+]([O-])C(C)(C)C)c1ccc(C2(N3CCN(C(=O)Oc4ccccc4)CC3)CCOCC2)cc1. The molecule has 1 unspecified atom stereocenters. The van der Waals surface area contributed by atoms with Gasteiger partial charge in [-0.3, -0.25) is 4.90 Å². The zero-order valence-corrected chi connectivity index (χ0v) is 23.6. The standard InChI is InChI=1S/C29H41N3O4S/c1-27(2,3)37(34)30-28(4,5)23-11-13-24(14-12-23)29(15-21-35-22-16-29)32-19-17-31(18-20-32)26(33)36-25-9-7-6-8-10-25/h6-14,30H,15-22H2,1-5H3. The van der Waals surface area contributed by atoms with E-state index >= 15 is 0 Å². The number of para-hydroxylation sites is 1. The molecule has 7 nitrogen and oxygen atoms in total. The molecule has 1 N–H and O–H groups in total. The first-order valence-corrected chi connectivity index (χ1v) is 14.3. The molecule has 202 valence electrons. The van der Waals surface area contributed by atoms with E-state index in [1.807, 2.05) is 39.0 Å². The first kappa shape index (κ1) is 27.9. The first-order valence-electron chi connectivity index (χ1n) is 13.2. The van der Waals surface area contributed by atoms with Crippen LogP contribution in [0, 0.1) is 0 Å². The van der Waals surface area contributed by atoms with Crippen LogP contribution in [0.4, 0.5) is 4.79 Å². The van der Waals surface area contributed by atoms with Gasteiger partial charge in [0.25, 0.3) is 0 Å². The van der Waals surface area contributed by atoms with Crippen molar-refractivity contribution in [2.75, 3.05) is 39.4 Å². The van der Waals surface area contributed by atoms with Gasteiger partial charge in [-0.15, -0.1) is 4.72 Å². The van der Waals surface area contributed by atoms with E-state index in [1.165, 1.54) is 5.56 Å². The lowest BCUT2D eigenvalue weighted by atomic mass is 9.79. The van der Waals surface area contributed by atoms with E-state index in [1.54, 1.807) is 17.0 Å².